The number of hydrogen-bond donors (Lipinski definition) is 1. The van der Waals surface area contributed by atoms with Crippen LogP contribution in [0.15, 0.2) is 39.3 Å². The highest BCUT2D eigenvalue weighted by Crippen LogP contribution is 2.31. The third-order valence-corrected chi connectivity index (χ3v) is 4.07. The average Bonchev–Trinajstić information content (AvgIpc) is 3.00. The van der Waals surface area contributed by atoms with Gasteiger partial charge >= 0.3 is 6.36 Å². The summed E-state index contributed by atoms with van der Waals surface area (Å²) in [5, 5.41) is 6.01. The van der Waals surface area contributed by atoms with Crippen LogP contribution >= 0.6 is 11.9 Å². The molecule has 9 heteroatoms. The maximum absolute atomic E-state index is 12.5. The fraction of sp³-hybridized carbons (Fsp3) is 0.467. The lowest BCUT2D eigenvalue weighted by Crippen LogP contribution is -2.34. The minimum Gasteiger partial charge on any atom is -0.405 e. The number of benzene rings is 1. The summed E-state index contributed by atoms with van der Waals surface area (Å²) in [4.78, 5) is 4.64. The van der Waals surface area contributed by atoms with E-state index in [1.807, 2.05) is 13.1 Å². The number of ether oxygens (including phenoxy) is 1. The summed E-state index contributed by atoms with van der Waals surface area (Å²) in [6.45, 7) is 5.18. The topological polar surface area (TPSA) is 49.2 Å². The monoisotopic (exact) mass is 360 g/mol. The second kappa shape index (κ2) is 8.27. The predicted octanol–water partition coefficient (Wildman–Crippen LogP) is 3.89. The third kappa shape index (κ3) is 5.33. The van der Waals surface area contributed by atoms with Crippen LogP contribution in [0.4, 0.5) is 13.2 Å². The van der Waals surface area contributed by atoms with Crippen molar-refractivity contribution in [3.8, 4) is 5.75 Å². The number of para-hydroxylation sites is 1. The fourth-order valence-corrected chi connectivity index (χ4v) is 2.76. The first-order valence-corrected chi connectivity index (χ1v) is 8.38. The van der Waals surface area contributed by atoms with Crippen LogP contribution in [0.1, 0.15) is 20.3 Å². The Morgan fingerprint density at radius 1 is 1.42 bits per heavy atom. The molecule has 1 aliphatic heterocycles. The molecular formula is C15H19F3N4OS. The normalized spacial score (nSPS) is 18.1. The Bertz CT molecular complexity index is 607. The lowest BCUT2D eigenvalue weighted by Gasteiger charge is -2.19. The molecule has 0 aromatic heterocycles. The summed E-state index contributed by atoms with van der Waals surface area (Å²) in [6.07, 6.45) is -1.91. The van der Waals surface area contributed by atoms with Crippen LogP contribution in [0.5, 0.6) is 5.75 Å². The van der Waals surface area contributed by atoms with E-state index in [-0.39, 0.29) is 5.75 Å². The van der Waals surface area contributed by atoms with Crippen LogP contribution in [0.2, 0.25) is 0 Å². The Hall–Kier alpha value is -1.90. The van der Waals surface area contributed by atoms with E-state index in [9.17, 15) is 13.2 Å². The molecule has 1 unspecified atom stereocenters. The van der Waals surface area contributed by atoms with Gasteiger partial charge in [-0.1, -0.05) is 19.1 Å². The van der Waals surface area contributed by atoms with E-state index >= 15 is 0 Å². The smallest absolute Gasteiger partial charge is 0.405 e. The molecule has 1 aromatic carbocycles. The zero-order valence-corrected chi connectivity index (χ0v) is 14.2. The van der Waals surface area contributed by atoms with Crippen LogP contribution in [-0.4, -0.2) is 36.6 Å². The minimum atomic E-state index is -4.73. The van der Waals surface area contributed by atoms with Crippen molar-refractivity contribution in [1.29, 1.82) is 0 Å². The highest BCUT2D eigenvalue weighted by molar-refractivity contribution is 7.98. The number of guanidine groups is 1. The lowest BCUT2D eigenvalue weighted by molar-refractivity contribution is -0.275. The molecule has 1 N–H and O–H groups in total. The van der Waals surface area contributed by atoms with Gasteiger partial charge in [-0.15, -0.1) is 13.2 Å². The number of alkyl halides is 3. The van der Waals surface area contributed by atoms with Gasteiger partial charge in [-0.2, -0.15) is 5.10 Å². The summed E-state index contributed by atoms with van der Waals surface area (Å²) in [7, 11) is 0. The van der Waals surface area contributed by atoms with Crippen molar-refractivity contribution in [2.45, 2.75) is 31.5 Å². The third-order valence-electron chi connectivity index (χ3n) is 3.23. The van der Waals surface area contributed by atoms with E-state index in [2.05, 4.69) is 26.5 Å². The van der Waals surface area contributed by atoms with Crippen LogP contribution in [0.3, 0.4) is 0 Å². The summed E-state index contributed by atoms with van der Waals surface area (Å²) in [5.41, 5.74) is 0. The molecule has 0 saturated carbocycles. The van der Waals surface area contributed by atoms with E-state index in [0.717, 1.165) is 18.4 Å². The molecule has 1 aliphatic rings. The van der Waals surface area contributed by atoms with Crippen molar-refractivity contribution in [3.63, 3.8) is 0 Å². The van der Waals surface area contributed by atoms with Gasteiger partial charge in [-0.25, -0.2) is 5.01 Å². The van der Waals surface area contributed by atoms with Gasteiger partial charge in [0.25, 0.3) is 0 Å². The van der Waals surface area contributed by atoms with Crippen LogP contribution in [0.25, 0.3) is 0 Å². The Labute approximate surface area is 143 Å². The van der Waals surface area contributed by atoms with Gasteiger partial charge in [0.1, 0.15) is 5.75 Å². The highest BCUT2D eigenvalue weighted by atomic mass is 32.2. The van der Waals surface area contributed by atoms with Crippen molar-refractivity contribution in [2.24, 2.45) is 16.0 Å². The van der Waals surface area contributed by atoms with Gasteiger partial charge < -0.3 is 4.74 Å². The molecule has 0 amide bonds. The number of hydrazone groups is 1. The lowest BCUT2D eigenvalue weighted by atomic mass is 10.1. The molecule has 24 heavy (non-hydrogen) atoms. The number of halogens is 3. The second-order valence-corrected chi connectivity index (χ2v) is 5.86. The highest BCUT2D eigenvalue weighted by Gasteiger charge is 2.32. The zero-order valence-electron chi connectivity index (χ0n) is 13.4. The van der Waals surface area contributed by atoms with Crippen LogP contribution < -0.4 is 9.46 Å². The number of aliphatic imine (C=N–C) groups is 1. The van der Waals surface area contributed by atoms with Crippen LogP contribution in [0, 0.1) is 5.92 Å². The first kappa shape index (κ1) is 18.4. The number of hydrogen-bond acceptors (Lipinski definition) is 4. The Morgan fingerprint density at radius 2 is 2.17 bits per heavy atom. The molecule has 0 radical (unpaired) electrons. The Balaban J connectivity index is 2.05. The minimum absolute atomic E-state index is 0.255. The maximum Gasteiger partial charge on any atom is 0.573 e. The van der Waals surface area contributed by atoms with E-state index < -0.39 is 6.36 Å². The zero-order chi connectivity index (χ0) is 17.6. The molecule has 0 saturated heterocycles. The summed E-state index contributed by atoms with van der Waals surface area (Å²) in [5.74, 6) is 0.603. The number of nitrogens with one attached hydrogen (secondary N) is 1. The molecular weight excluding hydrogens is 341 g/mol. The second-order valence-electron chi connectivity index (χ2n) is 5.01. The fourth-order valence-electron chi connectivity index (χ4n) is 2.03. The van der Waals surface area contributed by atoms with Gasteiger partial charge in [0.15, 0.2) is 0 Å². The maximum atomic E-state index is 12.5. The molecule has 0 bridgehead atoms. The van der Waals surface area contributed by atoms with E-state index in [1.54, 1.807) is 17.1 Å². The molecule has 0 spiro atoms. The average molecular weight is 360 g/mol. The summed E-state index contributed by atoms with van der Waals surface area (Å²) >= 11 is 1.01. The molecule has 5 nitrogen and oxygen atoms in total. The van der Waals surface area contributed by atoms with E-state index in [4.69, 9.17) is 0 Å². The number of rotatable bonds is 5. The molecule has 0 fully saturated rings. The first-order chi connectivity index (χ1) is 11.4. The quantitative estimate of drug-likeness (QED) is 0.492. The van der Waals surface area contributed by atoms with Gasteiger partial charge in [-0.05, 0) is 37.4 Å². The summed E-state index contributed by atoms with van der Waals surface area (Å²) < 4.78 is 44.4. The molecule has 1 heterocycles. The van der Waals surface area contributed by atoms with Gasteiger partial charge in [0, 0.05) is 18.7 Å². The SMILES string of the molecule is CCN=C(NSc1ccccc1OC(F)(F)F)N1CC(CC)C=N1. The van der Waals surface area contributed by atoms with Gasteiger partial charge in [0.05, 0.1) is 11.4 Å². The number of nitrogens with zero attached hydrogens (tertiary/aromatic N) is 3. The van der Waals surface area contributed by atoms with Crippen molar-refractivity contribution in [2.75, 3.05) is 13.1 Å². The van der Waals surface area contributed by atoms with Crippen molar-refractivity contribution in [3.05, 3.63) is 24.3 Å². The molecule has 1 aromatic rings. The Morgan fingerprint density at radius 3 is 2.79 bits per heavy atom. The Kier molecular flexibility index (Phi) is 6.36. The molecule has 0 aliphatic carbocycles. The largest absolute Gasteiger partial charge is 0.573 e. The van der Waals surface area contributed by atoms with Gasteiger partial charge in [0.2, 0.25) is 5.96 Å². The van der Waals surface area contributed by atoms with E-state index in [0.29, 0.717) is 29.9 Å². The molecule has 1 atom stereocenters. The van der Waals surface area contributed by atoms with Crippen LogP contribution in [-0.2, 0) is 0 Å². The van der Waals surface area contributed by atoms with E-state index in [1.165, 1.54) is 12.1 Å². The summed E-state index contributed by atoms with van der Waals surface area (Å²) in [6, 6.07) is 5.95. The van der Waals surface area contributed by atoms with Crippen molar-refractivity contribution < 1.29 is 17.9 Å². The van der Waals surface area contributed by atoms with Gasteiger partial charge in [-0.3, -0.25) is 9.71 Å². The molecule has 2 rings (SSSR count). The first-order valence-electron chi connectivity index (χ1n) is 7.56. The standard InChI is InChI=1S/C15H19F3N4OS/c1-3-11-9-20-22(10-11)14(19-4-2)21-24-13-8-6-5-7-12(13)23-15(16,17)18/h5-9,11H,3-4,10H2,1-2H3,(H,19,21). The van der Waals surface area contributed by atoms with Crippen molar-refractivity contribution in [1.82, 2.24) is 9.73 Å². The molecule has 132 valence electrons. The van der Waals surface area contributed by atoms with Crippen molar-refractivity contribution >= 4 is 24.1 Å². The predicted molar refractivity (Wildman–Crippen MR) is 89.1 cm³/mol.